The third kappa shape index (κ3) is 17.9. The number of carboxylic acid groups (broad SMARTS) is 2. The molecule has 312 valence electrons. The van der Waals surface area contributed by atoms with Crippen molar-refractivity contribution in [3.63, 3.8) is 0 Å². The van der Waals surface area contributed by atoms with Crippen LogP contribution in [0.2, 0.25) is 0 Å². The Morgan fingerprint density at radius 1 is 0.643 bits per heavy atom. The Morgan fingerprint density at radius 3 is 1.59 bits per heavy atom. The van der Waals surface area contributed by atoms with E-state index in [1.54, 1.807) is 50.4 Å². The molecule has 0 heterocycles. The van der Waals surface area contributed by atoms with Gasteiger partial charge in [0.1, 0.15) is 36.3 Å². The molecule has 1 aromatic carbocycles. The number of nitrogens with one attached hydrogen (secondary N) is 6. The summed E-state index contributed by atoms with van der Waals surface area (Å²) in [6, 6.07) is -2.81. The Balaban J connectivity index is 3.26. The first kappa shape index (κ1) is 48.7. The van der Waals surface area contributed by atoms with E-state index < -0.39 is 122 Å². The number of carbonyl (C=O) groups is 9. The lowest BCUT2D eigenvalue weighted by atomic mass is 10.0. The number of hydrogen-bond acceptors (Lipinski definition) is 13. The smallest absolute Gasteiger partial charge is 0.328 e. The van der Waals surface area contributed by atoms with Crippen LogP contribution in [0.25, 0.3) is 0 Å². The first-order chi connectivity index (χ1) is 26.3. The highest BCUT2D eigenvalue weighted by molar-refractivity contribution is 7.98. The summed E-state index contributed by atoms with van der Waals surface area (Å²) in [5.74, 6) is -10.1. The molecule has 1 aromatic rings. The molecule has 0 aromatic heterocycles. The van der Waals surface area contributed by atoms with E-state index >= 15 is 0 Å². The molecule has 0 saturated heterocycles. The van der Waals surface area contributed by atoms with Gasteiger partial charge in [0.2, 0.25) is 41.4 Å². The van der Waals surface area contributed by atoms with E-state index in [2.05, 4.69) is 31.9 Å². The van der Waals surface area contributed by atoms with E-state index in [4.69, 9.17) is 11.5 Å². The van der Waals surface area contributed by atoms with Crippen LogP contribution in [0.15, 0.2) is 30.3 Å². The summed E-state index contributed by atoms with van der Waals surface area (Å²) in [4.78, 5) is 114. The van der Waals surface area contributed by atoms with Crippen LogP contribution in [0, 0.1) is 5.92 Å². The molecule has 22 heteroatoms. The quantitative estimate of drug-likeness (QED) is 0.0421. The van der Waals surface area contributed by atoms with E-state index in [1.807, 2.05) is 0 Å². The zero-order chi connectivity index (χ0) is 42.5. The number of rotatable bonds is 26. The molecule has 0 fully saturated rings. The van der Waals surface area contributed by atoms with Crippen LogP contribution in [0.1, 0.15) is 45.1 Å². The summed E-state index contributed by atoms with van der Waals surface area (Å²) in [7, 11) is 0. The molecule has 0 radical (unpaired) electrons. The van der Waals surface area contributed by atoms with Gasteiger partial charge in [-0.1, -0.05) is 44.2 Å². The molecule has 0 aliphatic carbocycles. The van der Waals surface area contributed by atoms with Crippen LogP contribution >= 0.6 is 11.8 Å². The minimum atomic E-state index is -1.85. The number of primary amides is 1. The van der Waals surface area contributed by atoms with Crippen molar-refractivity contribution in [2.24, 2.45) is 17.4 Å². The molecule has 0 saturated carbocycles. The zero-order valence-corrected chi connectivity index (χ0v) is 32.0. The van der Waals surface area contributed by atoms with Crippen molar-refractivity contribution in [1.82, 2.24) is 31.9 Å². The van der Waals surface area contributed by atoms with Crippen molar-refractivity contribution in [1.29, 1.82) is 0 Å². The standard InChI is InChI=1S/C34H52N8O13S/c1-17(2)11-20(38-33(53)24(15-43)41-31(51)22(13-26(36)45)37-28(48)19(35)9-10-56-3)29(49)40-23(14-27(46)47)32(52)39-21(12-18-7-5-4-6-8-18)30(50)42-25(16-44)34(54)55/h4-8,17,19-25,43-44H,9-16,35H2,1-3H3,(H2,36,45)(H,37,48)(H,38,53)(H,39,52)(H,40,49)(H,41,51)(H,42,50)(H,46,47)(H,54,55). The molecule has 21 nitrogen and oxygen atoms in total. The maximum Gasteiger partial charge on any atom is 0.328 e. The van der Waals surface area contributed by atoms with Gasteiger partial charge in [-0.25, -0.2) is 4.79 Å². The molecule has 0 aliphatic heterocycles. The fraction of sp³-hybridized carbons (Fsp3) is 0.559. The summed E-state index contributed by atoms with van der Waals surface area (Å²) >= 11 is 1.42. The van der Waals surface area contributed by atoms with Crippen LogP contribution in [-0.2, 0) is 49.6 Å². The summed E-state index contributed by atoms with van der Waals surface area (Å²) in [5, 5.41) is 51.7. The van der Waals surface area contributed by atoms with E-state index in [0.29, 0.717) is 11.3 Å². The average Bonchev–Trinajstić information content (AvgIpc) is 3.13. The summed E-state index contributed by atoms with van der Waals surface area (Å²) in [5.41, 5.74) is 11.6. The molecule has 7 amide bonds. The average molecular weight is 813 g/mol. The number of amides is 7. The third-order valence-electron chi connectivity index (χ3n) is 7.89. The van der Waals surface area contributed by atoms with Crippen molar-refractivity contribution < 1.29 is 63.6 Å². The van der Waals surface area contributed by atoms with Gasteiger partial charge >= 0.3 is 11.9 Å². The van der Waals surface area contributed by atoms with Gasteiger partial charge in [-0.15, -0.1) is 0 Å². The summed E-state index contributed by atoms with van der Waals surface area (Å²) < 4.78 is 0. The number of hydrogen-bond donors (Lipinski definition) is 12. The largest absolute Gasteiger partial charge is 0.481 e. The minimum absolute atomic E-state index is 0.101. The van der Waals surface area contributed by atoms with E-state index in [0.717, 1.165) is 0 Å². The van der Waals surface area contributed by atoms with Gasteiger partial charge in [0.25, 0.3) is 0 Å². The summed E-state index contributed by atoms with van der Waals surface area (Å²) in [6.45, 7) is 1.34. The van der Waals surface area contributed by atoms with Gasteiger partial charge in [-0.3, -0.25) is 38.4 Å². The Hall–Kier alpha value is -5.32. The van der Waals surface area contributed by atoms with E-state index in [9.17, 15) is 63.6 Å². The number of carbonyl (C=O) groups excluding carboxylic acids is 7. The second-order valence-electron chi connectivity index (χ2n) is 13.0. The molecule has 0 spiro atoms. The molecule has 14 N–H and O–H groups in total. The van der Waals surface area contributed by atoms with Crippen molar-refractivity contribution >= 4 is 65.1 Å². The lowest BCUT2D eigenvalue weighted by molar-refractivity contribution is -0.144. The molecule has 0 aliphatic rings. The molecule has 56 heavy (non-hydrogen) atoms. The molecule has 7 unspecified atom stereocenters. The Labute approximate surface area is 326 Å². The Bertz CT molecular complexity index is 1530. The van der Waals surface area contributed by atoms with Crippen LogP contribution < -0.4 is 43.4 Å². The Morgan fingerprint density at radius 2 is 1.09 bits per heavy atom. The number of thioether (sulfide) groups is 1. The fourth-order valence-corrected chi connectivity index (χ4v) is 5.44. The SMILES string of the molecule is CSCCC(N)C(=O)NC(CC(N)=O)C(=O)NC(CO)C(=O)NC(CC(C)C)C(=O)NC(CC(=O)O)C(=O)NC(Cc1ccccc1)C(=O)NC(CO)C(=O)O. The lowest BCUT2D eigenvalue weighted by Crippen LogP contribution is -2.61. The first-order valence-corrected chi connectivity index (χ1v) is 18.8. The van der Waals surface area contributed by atoms with Gasteiger partial charge in [-0.05, 0) is 36.3 Å². The number of benzene rings is 1. The molecule has 1 rings (SSSR count). The number of nitrogens with two attached hydrogens (primary N) is 2. The maximum absolute atomic E-state index is 13.6. The molecule has 0 bridgehead atoms. The monoisotopic (exact) mass is 812 g/mol. The number of carboxylic acids is 2. The van der Waals surface area contributed by atoms with Gasteiger partial charge in [0.15, 0.2) is 0 Å². The van der Waals surface area contributed by atoms with Crippen LogP contribution in [-0.4, -0.2) is 141 Å². The maximum atomic E-state index is 13.6. The third-order valence-corrected chi connectivity index (χ3v) is 8.53. The van der Waals surface area contributed by atoms with Gasteiger partial charge in [0.05, 0.1) is 32.1 Å². The highest BCUT2D eigenvalue weighted by atomic mass is 32.2. The van der Waals surface area contributed by atoms with Crippen molar-refractivity contribution in [2.45, 2.75) is 88.2 Å². The predicted molar refractivity (Wildman–Crippen MR) is 200 cm³/mol. The highest BCUT2D eigenvalue weighted by Gasteiger charge is 2.35. The second kappa shape index (κ2) is 25.0. The number of aliphatic hydroxyl groups excluding tert-OH is 2. The fourth-order valence-electron chi connectivity index (χ4n) is 4.95. The van der Waals surface area contributed by atoms with Crippen LogP contribution in [0.5, 0.6) is 0 Å². The van der Waals surface area contributed by atoms with Crippen LogP contribution in [0.3, 0.4) is 0 Å². The van der Waals surface area contributed by atoms with E-state index in [-0.39, 0.29) is 25.2 Å². The number of aliphatic hydroxyl groups is 2. The van der Waals surface area contributed by atoms with Crippen molar-refractivity contribution in [3.8, 4) is 0 Å². The zero-order valence-electron chi connectivity index (χ0n) is 31.2. The number of aliphatic carboxylic acids is 2. The molecule has 7 atom stereocenters. The molecular weight excluding hydrogens is 760 g/mol. The van der Waals surface area contributed by atoms with Crippen molar-refractivity contribution in [3.05, 3.63) is 35.9 Å². The minimum Gasteiger partial charge on any atom is -0.481 e. The normalized spacial score (nSPS) is 14.7. The molecular formula is C34H52N8O13S. The lowest BCUT2D eigenvalue weighted by Gasteiger charge is -2.27. The first-order valence-electron chi connectivity index (χ1n) is 17.4. The Kier molecular flexibility index (Phi) is 21.7. The predicted octanol–water partition coefficient (Wildman–Crippen LogP) is -4.32. The topological polar surface area (TPSA) is 359 Å². The van der Waals surface area contributed by atoms with Gasteiger partial charge < -0.3 is 63.8 Å². The highest BCUT2D eigenvalue weighted by Crippen LogP contribution is 2.09. The van der Waals surface area contributed by atoms with E-state index in [1.165, 1.54) is 11.8 Å². The van der Waals surface area contributed by atoms with Gasteiger partial charge in [0, 0.05) is 6.42 Å². The van der Waals surface area contributed by atoms with Gasteiger partial charge in [-0.2, -0.15) is 11.8 Å². The second-order valence-corrected chi connectivity index (χ2v) is 14.0. The summed E-state index contributed by atoms with van der Waals surface area (Å²) in [6.07, 6.45) is 0.0391. The van der Waals surface area contributed by atoms with Crippen molar-refractivity contribution in [2.75, 3.05) is 25.2 Å². The van der Waals surface area contributed by atoms with Crippen LogP contribution in [0.4, 0.5) is 0 Å².